The molecule has 0 unspecified atom stereocenters. The number of hydrogen-bond acceptors (Lipinski definition) is 4. The average Bonchev–Trinajstić information content (AvgIpc) is 2.79. The summed E-state index contributed by atoms with van der Waals surface area (Å²) in [4.78, 5) is 14.6. The first kappa shape index (κ1) is 11.3. The summed E-state index contributed by atoms with van der Waals surface area (Å²) in [6.45, 7) is 1.15. The Morgan fingerprint density at radius 3 is 2.88 bits per heavy atom. The minimum absolute atomic E-state index is 0.0387. The Balaban J connectivity index is 1.84. The Labute approximate surface area is 98.1 Å². The predicted molar refractivity (Wildman–Crippen MR) is 60.4 cm³/mol. The molecule has 88 valence electrons. The van der Waals surface area contributed by atoms with Crippen molar-refractivity contribution in [2.75, 3.05) is 0 Å². The number of carboxylic acids is 1. The monoisotopic (exact) mass is 232 g/mol. The van der Waals surface area contributed by atoms with Crippen LogP contribution in [-0.2, 0) is 13.1 Å². The van der Waals surface area contributed by atoms with Crippen molar-refractivity contribution in [1.29, 1.82) is 0 Å². The molecule has 2 N–H and O–H groups in total. The smallest absolute Gasteiger partial charge is 0.371 e. The fourth-order valence-corrected chi connectivity index (χ4v) is 1.42. The summed E-state index contributed by atoms with van der Waals surface area (Å²) >= 11 is 0. The van der Waals surface area contributed by atoms with E-state index in [0.717, 1.165) is 5.56 Å². The van der Waals surface area contributed by atoms with Crippen LogP contribution < -0.4 is 5.32 Å². The molecule has 5 heteroatoms. The lowest BCUT2D eigenvalue weighted by atomic mass is 10.3. The van der Waals surface area contributed by atoms with Crippen LogP contribution in [0.1, 0.15) is 21.9 Å². The molecule has 0 aliphatic heterocycles. The van der Waals surface area contributed by atoms with Crippen molar-refractivity contribution in [3.63, 3.8) is 0 Å². The molecule has 2 aromatic heterocycles. The summed E-state index contributed by atoms with van der Waals surface area (Å²) in [5.41, 5.74) is 1.07. The molecule has 2 rings (SSSR count). The van der Waals surface area contributed by atoms with E-state index in [2.05, 4.69) is 10.3 Å². The number of nitrogens with zero attached hydrogens (tertiary/aromatic N) is 1. The topological polar surface area (TPSA) is 75.4 Å². The first-order chi connectivity index (χ1) is 8.25. The van der Waals surface area contributed by atoms with Crippen molar-refractivity contribution < 1.29 is 14.3 Å². The summed E-state index contributed by atoms with van der Waals surface area (Å²) < 4.78 is 5.11. The van der Waals surface area contributed by atoms with Gasteiger partial charge in [0.1, 0.15) is 5.76 Å². The lowest BCUT2D eigenvalue weighted by Crippen LogP contribution is -2.12. The second kappa shape index (κ2) is 5.27. The maximum Gasteiger partial charge on any atom is 0.371 e. The van der Waals surface area contributed by atoms with Crippen LogP contribution in [0.2, 0.25) is 0 Å². The van der Waals surface area contributed by atoms with E-state index in [1.54, 1.807) is 18.5 Å². The number of nitrogens with one attached hydrogen (secondary N) is 1. The highest BCUT2D eigenvalue weighted by molar-refractivity contribution is 5.84. The number of carboxylic acid groups (broad SMARTS) is 1. The van der Waals surface area contributed by atoms with Gasteiger partial charge >= 0.3 is 5.97 Å². The van der Waals surface area contributed by atoms with Gasteiger partial charge in [0.15, 0.2) is 0 Å². The number of furan rings is 1. The van der Waals surface area contributed by atoms with Crippen LogP contribution in [-0.4, -0.2) is 16.1 Å². The lowest BCUT2D eigenvalue weighted by Gasteiger charge is -2.01. The predicted octanol–water partition coefficient (Wildman–Crippen LogP) is 1.66. The van der Waals surface area contributed by atoms with Gasteiger partial charge in [0.25, 0.3) is 0 Å². The number of pyridine rings is 1. The molecular formula is C12H12N2O3. The van der Waals surface area contributed by atoms with Crippen molar-refractivity contribution in [3.8, 4) is 0 Å². The second-order valence-corrected chi connectivity index (χ2v) is 3.54. The van der Waals surface area contributed by atoms with Crippen molar-refractivity contribution in [3.05, 3.63) is 53.7 Å². The maximum atomic E-state index is 10.6. The van der Waals surface area contributed by atoms with Gasteiger partial charge < -0.3 is 14.8 Å². The first-order valence-electron chi connectivity index (χ1n) is 5.17. The zero-order valence-electron chi connectivity index (χ0n) is 9.09. The summed E-state index contributed by atoms with van der Waals surface area (Å²) in [6, 6.07) is 6.93. The van der Waals surface area contributed by atoms with Crippen LogP contribution in [0.15, 0.2) is 41.1 Å². The highest BCUT2D eigenvalue weighted by Crippen LogP contribution is 2.07. The van der Waals surface area contributed by atoms with Gasteiger partial charge in [0.05, 0.1) is 6.54 Å². The third kappa shape index (κ3) is 3.15. The van der Waals surface area contributed by atoms with E-state index in [9.17, 15) is 4.79 Å². The van der Waals surface area contributed by atoms with Gasteiger partial charge in [-0.2, -0.15) is 0 Å². The molecule has 5 nitrogen and oxygen atoms in total. The first-order valence-corrected chi connectivity index (χ1v) is 5.17. The molecule has 0 spiro atoms. The summed E-state index contributed by atoms with van der Waals surface area (Å²) in [5.74, 6) is -0.488. The van der Waals surface area contributed by atoms with E-state index in [-0.39, 0.29) is 5.76 Å². The maximum absolute atomic E-state index is 10.6. The van der Waals surface area contributed by atoms with Crippen LogP contribution >= 0.6 is 0 Å². The Kier molecular flexibility index (Phi) is 3.52. The van der Waals surface area contributed by atoms with Crippen LogP contribution in [0.3, 0.4) is 0 Å². The van der Waals surface area contributed by atoms with E-state index in [1.165, 1.54) is 6.07 Å². The Bertz CT molecular complexity index is 493. The van der Waals surface area contributed by atoms with Crippen LogP contribution in [0.4, 0.5) is 0 Å². The molecular weight excluding hydrogens is 220 g/mol. The third-order valence-corrected chi connectivity index (χ3v) is 2.22. The summed E-state index contributed by atoms with van der Waals surface area (Å²) in [6.07, 6.45) is 3.49. The molecule has 0 aromatic carbocycles. The largest absolute Gasteiger partial charge is 0.475 e. The zero-order valence-corrected chi connectivity index (χ0v) is 9.09. The van der Waals surface area contributed by atoms with Crippen molar-refractivity contribution in [2.24, 2.45) is 0 Å². The molecule has 17 heavy (non-hydrogen) atoms. The van der Waals surface area contributed by atoms with Gasteiger partial charge in [0, 0.05) is 18.9 Å². The normalized spacial score (nSPS) is 10.4. The van der Waals surface area contributed by atoms with Gasteiger partial charge in [0.2, 0.25) is 5.76 Å². The molecule has 0 saturated heterocycles. The van der Waals surface area contributed by atoms with Gasteiger partial charge in [-0.3, -0.25) is 4.98 Å². The standard InChI is InChI=1S/C12H12N2O3/c15-12(16)11-4-3-10(17-11)8-14-7-9-2-1-5-13-6-9/h1-6,14H,7-8H2,(H,15,16). The number of rotatable bonds is 5. The lowest BCUT2D eigenvalue weighted by molar-refractivity contribution is 0.0660. The third-order valence-electron chi connectivity index (χ3n) is 2.22. The molecule has 0 atom stereocenters. The van der Waals surface area contributed by atoms with E-state index in [1.807, 2.05) is 12.1 Å². The van der Waals surface area contributed by atoms with E-state index < -0.39 is 5.97 Å². The molecule has 0 aliphatic carbocycles. The molecule has 0 fully saturated rings. The van der Waals surface area contributed by atoms with Crippen LogP contribution in [0.5, 0.6) is 0 Å². The van der Waals surface area contributed by atoms with Crippen molar-refractivity contribution in [1.82, 2.24) is 10.3 Å². The fourth-order valence-electron chi connectivity index (χ4n) is 1.42. The van der Waals surface area contributed by atoms with Gasteiger partial charge in [-0.05, 0) is 23.8 Å². The highest BCUT2D eigenvalue weighted by atomic mass is 16.4. The number of aromatic nitrogens is 1. The summed E-state index contributed by atoms with van der Waals surface area (Å²) in [5, 5.41) is 11.8. The molecule has 0 aliphatic rings. The number of hydrogen-bond donors (Lipinski definition) is 2. The number of carbonyl (C=O) groups is 1. The Hall–Kier alpha value is -2.14. The minimum atomic E-state index is -1.05. The average molecular weight is 232 g/mol. The van der Waals surface area contributed by atoms with Crippen molar-refractivity contribution >= 4 is 5.97 Å². The molecule has 0 radical (unpaired) electrons. The number of aromatic carboxylic acids is 1. The van der Waals surface area contributed by atoms with Gasteiger partial charge in [-0.1, -0.05) is 6.07 Å². The second-order valence-electron chi connectivity index (χ2n) is 3.54. The van der Waals surface area contributed by atoms with Gasteiger partial charge in [-0.15, -0.1) is 0 Å². The molecule has 2 heterocycles. The Morgan fingerprint density at radius 1 is 1.35 bits per heavy atom. The molecule has 0 amide bonds. The van der Waals surface area contributed by atoms with Crippen molar-refractivity contribution in [2.45, 2.75) is 13.1 Å². The van der Waals surface area contributed by atoms with Crippen LogP contribution in [0.25, 0.3) is 0 Å². The van der Waals surface area contributed by atoms with E-state index in [4.69, 9.17) is 9.52 Å². The SMILES string of the molecule is O=C(O)c1ccc(CNCc2cccnc2)o1. The quantitative estimate of drug-likeness (QED) is 0.820. The molecule has 2 aromatic rings. The Morgan fingerprint density at radius 2 is 2.24 bits per heavy atom. The molecule has 0 bridgehead atoms. The van der Waals surface area contributed by atoms with E-state index >= 15 is 0 Å². The zero-order chi connectivity index (χ0) is 12.1. The fraction of sp³-hybridized carbons (Fsp3) is 0.167. The van der Waals surface area contributed by atoms with E-state index in [0.29, 0.717) is 18.8 Å². The summed E-state index contributed by atoms with van der Waals surface area (Å²) in [7, 11) is 0. The highest BCUT2D eigenvalue weighted by Gasteiger charge is 2.08. The van der Waals surface area contributed by atoms with Gasteiger partial charge in [-0.25, -0.2) is 4.79 Å². The molecule has 0 saturated carbocycles. The minimum Gasteiger partial charge on any atom is -0.475 e. The van der Waals surface area contributed by atoms with Crippen LogP contribution in [0, 0.1) is 0 Å².